The fourth-order valence-electron chi connectivity index (χ4n) is 1.74. The van der Waals surface area contributed by atoms with Crippen LogP contribution in [0.1, 0.15) is 11.1 Å². The van der Waals surface area contributed by atoms with Gasteiger partial charge in [0.25, 0.3) is 10.0 Å². The lowest BCUT2D eigenvalue weighted by atomic mass is 10.2. The fourth-order valence-corrected chi connectivity index (χ4v) is 3.46. The third kappa shape index (κ3) is 3.23. The predicted molar refractivity (Wildman–Crippen MR) is 81.0 cm³/mol. The number of rotatable bonds is 3. The summed E-state index contributed by atoms with van der Waals surface area (Å²) in [5.74, 6) is 0. The van der Waals surface area contributed by atoms with E-state index >= 15 is 0 Å². The highest BCUT2D eigenvalue weighted by Crippen LogP contribution is 2.26. The smallest absolute Gasteiger partial charge is 0.262 e. The molecule has 7 heteroatoms. The molecule has 20 heavy (non-hydrogen) atoms. The van der Waals surface area contributed by atoms with Crippen LogP contribution in [0.5, 0.6) is 0 Å². The molecule has 2 aromatic rings. The molecule has 0 aliphatic heterocycles. The number of halogens is 2. The van der Waals surface area contributed by atoms with Crippen LogP contribution in [0.4, 0.5) is 5.69 Å². The summed E-state index contributed by atoms with van der Waals surface area (Å²) in [4.78, 5) is 4.06. The molecule has 0 saturated heterocycles. The number of pyridine rings is 1. The largest absolute Gasteiger partial charge is 0.276 e. The minimum Gasteiger partial charge on any atom is -0.276 e. The van der Waals surface area contributed by atoms with E-state index in [9.17, 15) is 8.42 Å². The van der Waals surface area contributed by atoms with Crippen molar-refractivity contribution < 1.29 is 8.42 Å². The number of anilines is 1. The first kappa shape index (κ1) is 15.1. The van der Waals surface area contributed by atoms with Crippen molar-refractivity contribution in [2.45, 2.75) is 18.7 Å². The SMILES string of the molecule is Cc1cnc(Cl)c(NS(=O)(=O)c2ccc(Cl)cc2C)c1. The summed E-state index contributed by atoms with van der Waals surface area (Å²) in [5, 5.41) is 0.586. The van der Waals surface area contributed by atoms with E-state index < -0.39 is 10.0 Å². The van der Waals surface area contributed by atoms with Crippen LogP contribution in [-0.4, -0.2) is 13.4 Å². The molecule has 4 nitrogen and oxygen atoms in total. The highest BCUT2D eigenvalue weighted by atomic mass is 35.5. The molecule has 0 fully saturated rings. The first-order chi connectivity index (χ1) is 9.29. The number of benzene rings is 1. The first-order valence-electron chi connectivity index (χ1n) is 5.71. The van der Waals surface area contributed by atoms with Crippen LogP contribution < -0.4 is 4.72 Å². The second-order valence-corrected chi connectivity index (χ2v) is 6.81. The normalized spacial score (nSPS) is 11.4. The van der Waals surface area contributed by atoms with E-state index in [1.165, 1.54) is 12.1 Å². The van der Waals surface area contributed by atoms with Crippen molar-refractivity contribution in [1.29, 1.82) is 0 Å². The van der Waals surface area contributed by atoms with Gasteiger partial charge in [0, 0.05) is 11.2 Å². The number of aromatic nitrogens is 1. The fraction of sp³-hybridized carbons (Fsp3) is 0.154. The predicted octanol–water partition coefficient (Wildman–Crippen LogP) is 3.81. The molecule has 0 radical (unpaired) electrons. The third-order valence-corrected chi connectivity index (χ3v) is 4.71. The highest BCUT2D eigenvalue weighted by Gasteiger charge is 2.18. The van der Waals surface area contributed by atoms with Crippen LogP contribution >= 0.6 is 23.2 Å². The molecule has 1 N–H and O–H groups in total. The van der Waals surface area contributed by atoms with Crippen LogP contribution in [0.3, 0.4) is 0 Å². The van der Waals surface area contributed by atoms with Gasteiger partial charge in [-0.3, -0.25) is 4.72 Å². The summed E-state index contributed by atoms with van der Waals surface area (Å²) in [7, 11) is -3.73. The Kier molecular flexibility index (Phi) is 4.22. The molecule has 0 aliphatic rings. The highest BCUT2D eigenvalue weighted by molar-refractivity contribution is 7.92. The van der Waals surface area contributed by atoms with Gasteiger partial charge in [0.1, 0.15) is 0 Å². The molecular formula is C13H12Cl2N2O2S. The number of nitrogens with one attached hydrogen (secondary N) is 1. The molecule has 0 unspecified atom stereocenters. The minimum absolute atomic E-state index is 0.103. The van der Waals surface area contributed by atoms with Crippen molar-refractivity contribution in [3.63, 3.8) is 0 Å². The molecule has 0 spiro atoms. The number of hydrogen-bond acceptors (Lipinski definition) is 3. The van der Waals surface area contributed by atoms with Crippen molar-refractivity contribution in [2.24, 2.45) is 0 Å². The quantitative estimate of drug-likeness (QED) is 0.870. The monoisotopic (exact) mass is 330 g/mol. The zero-order valence-corrected chi connectivity index (χ0v) is 13.1. The maximum absolute atomic E-state index is 12.4. The molecule has 2 rings (SSSR count). The average Bonchev–Trinajstić information content (AvgIpc) is 2.33. The van der Waals surface area contributed by atoms with Crippen molar-refractivity contribution in [2.75, 3.05) is 4.72 Å². The van der Waals surface area contributed by atoms with E-state index in [2.05, 4.69) is 9.71 Å². The lowest BCUT2D eigenvalue weighted by Crippen LogP contribution is -2.15. The van der Waals surface area contributed by atoms with Gasteiger partial charge in [0.15, 0.2) is 5.15 Å². The summed E-state index contributed by atoms with van der Waals surface area (Å²) in [6.45, 7) is 3.48. The van der Waals surface area contributed by atoms with Crippen LogP contribution in [-0.2, 0) is 10.0 Å². The number of nitrogens with zero attached hydrogens (tertiary/aromatic N) is 1. The Morgan fingerprint density at radius 2 is 1.85 bits per heavy atom. The van der Waals surface area contributed by atoms with Crippen LogP contribution in [0.25, 0.3) is 0 Å². The Hall–Kier alpha value is -1.30. The summed E-state index contributed by atoms with van der Waals surface area (Å²) >= 11 is 11.7. The van der Waals surface area contributed by atoms with Gasteiger partial charge < -0.3 is 0 Å². The number of aryl methyl sites for hydroxylation is 2. The van der Waals surface area contributed by atoms with Gasteiger partial charge >= 0.3 is 0 Å². The molecule has 0 bridgehead atoms. The molecule has 0 saturated carbocycles. The van der Waals surface area contributed by atoms with E-state index in [1.807, 2.05) is 0 Å². The topological polar surface area (TPSA) is 59.1 Å². The molecular weight excluding hydrogens is 319 g/mol. The zero-order chi connectivity index (χ0) is 14.9. The Morgan fingerprint density at radius 3 is 2.50 bits per heavy atom. The van der Waals surface area contributed by atoms with Gasteiger partial charge in [-0.15, -0.1) is 0 Å². The Balaban J connectivity index is 2.43. The third-order valence-electron chi connectivity index (χ3n) is 2.65. The minimum atomic E-state index is -3.73. The summed E-state index contributed by atoms with van der Waals surface area (Å²) in [5.41, 5.74) is 1.61. The van der Waals surface area contributed by atoms with Crippen molar-refractivity contribution in [1.82, 2.24) is 4.98 Å². The number of hydrogen-bond donors (Lipinski definition) is 1. The average molecular weight is 331 g/mol. The molecule has 0 atom stereocenters. The molecule has 0 amide bonds. The van der Waals surface area contributed by atoms with Crippen LogP contribution in [0.2, 0.25) is 10.2 Å². The van der Waals surface area contributed by atoms with E-state index in [1.54, 1.807) is 32.2 Å². The summed E-state index contributed by atoms with van der Waals surface area (Å²) in [6.07, 6.45) is 1.56. The second kappa shape index (κ2) is 5.60. The standard InChI is InChI=1S/C13H12Cl2N2O2S/c1-8-5-11(13(15)16-7-8)17-20(18,19)12-4-3-10(14)6-9(12)2/h3-7,17H,1-2H3. The molecule has 1 heterocycles. The van der Waals surface area contributed by atoms with E-state index in [-0.39, 0.29) is 15.7 Å². The van der Waals surface area contributed by atoms with Gasteiger partial charge in [-0.1, -0.05) is 23.2 Å². The Morgan fingerprint density at radius 1 is 1.15 bits per heavy atom. The second-order valence-electron chi connectivity index (χ2n) is 4.37. The maximum atomic E-state index is 12.4. The van der Waals surface area contributed by atoms with Crippen molar-refractivity contribution in [3.8, 4) is 0 Å². The lowest BCUT2D eigenvalue weighted by molar-refractivity contribution is 0.600. The molecule has 1 aromatic heterocycles. The number of sulfonamides is 1. The Bertz CT molecular complexity index is 761. The van der Waals surface area contributed by atoms with E-state index in [0.717, 1.165) is 5.56 Å². The molecule has 0 aliphatic carbocycles. The lowest BCUT2D eigenvalue weighted by Gasteiger charge is -2.11. The van der Waals surface area contributed by atoms with Crippen LogP contribution in [0, 0.1) is 13.8 Å². The van der Waals surface area contributed by atoms with Gasteiger partial charge in [-0.2, -0.15) is 0 Å². The van der Waals surface area contributed by atoms with E-state index in [0.29, 0.717) is 10.6 Å². The summed E-state index contributed by atoms with van der Waals surface area (Å²) < 4.78 is 27.2. The Labute approximate surface area is 127 Å². The first-order valence-corrected chi connectivity index (χ1v) is 7.94. The van der Waals surface area contributed by atoms with Crippen molar-refractivity contribution in [3.05, 3.63) is 51.8 Å². The van der Waals surface area contributed by atoms with E-state index in [4.69, 9.17) is 23.2 Å². The molecule has 106 valence electrons. The van der Waals surface area contributed by atoms with Gasteiger partial charge in [-0.25, -0.2) is 13.4 Å². The maximum Gasteiger partial charge on any atom is 0.262 e. The molecule has 1 aromatic carbocycles. The van der Waals surface area contributed by atoms with Crippen molar-refractivity contribution >= 4 is 38.9 Å². The van der Waals surface area contributed by atoms with Gasteiger partial charge in [-0.05, 0) is 49.2 Å². The van der Waals surface area contributed by atoms with Gasteiger partial charge in [0.05, 0.1) is 10.6 Å². The summed E-state index contributed by atoms with van der Waals surface area (Å²) in [6, 6.07) is 6.20. The van der Waals surface area contributed by atoms with Gasteiger partial charge in [0.2, 0.25) is 0 Å². The van der Waals surface area contributed by atoms with Crippen LogP contribution in [0.15, 0.2) is 35.4 Å². The zero-order valence-electron chi connectivity index (χ0n) is 10.8.